The minimum Gasteiger partial charge on any atom is -0.465 e. The Hall–Kier alpha value is -5.68. The molecule has 0 saturated heterocycles. The number of likely N-dealkylation sites (N-methyl/N-ethyl adjacent to an activating group) is 2. The van der Waals surface area contributed by atoms with Crippen molar-refractivity contribution in [3.63, 3.8) is 0 Å². The lowest BCUT2D eigenvalue weighted by Crippen LogP contribution is -2.54. The van der Waals surface area contributed by atoms with Gasteiger partial charge < -0.3 is 46.6 Å². The SMILES string of the molecule is CC(C)C(NC(=O)CCCCCN1C(=O)C=CC1=O)C(=O)NC(CCCNC(N)=O)C(=O)Nc1ccc(COC(=O)N(C)CCN(C)C(=O)O)cc1. The van der Waals surface area contributed by atoms with Crippen LogP contribution in [-0.4, -0.2) is 120 Å². The maximum atomic E-state index is 13.4. The Labute approximate surface area is 302 Å². The van der Waals surface area contributed by atoms with Crippen LogP contribution in [0.1, 0.15) is 57.9 Å². The molecular formula is C34H50N8O10. The molecule has 0 aromatic heterocycles. The van der Waals surface area contributed by atoms with Crippen molar-refractivity contribution >= 4 is 53.4 Å². The lowest BCUT2D eigenvalue weighted by Gasteiger charge is -2.25. The summed E-state index contributed by atoms with van der Waals surface area (Å²) in [6.07, 6.45) is 2.84. The van der Waals surface area contributed by atoms with Gasteiger partial charge in [0.25, 0.3) is 11.8 Å². The topological polar surface area (TPSA) is 250 Å². The van der Waals surface area contributed by atoms with Crippen LogP contribution < -0.4 is 27.0 Å². The van der Waals surface area contributed by atoms with Gasteiger partial charge >= 0.3 is 18.2 Å². The van der Waals surface area contributed by atoms with E-state index < -0.39 is 42.1 Å². The number of nitrogens with one attached hydrogen (secondary N) is 4. The number of hydrogen-bond acceptors (Lipinski definition) is 9. The summed E-state index contributed by atoms with van der Waals surface area (Å²) in [4.78, 5) is 101. The van der Waals surface area contributed by atoms with Gasteiger partial charge in [-0.3, -0.25) is 28.9 Å². The lowest BCUT2D eigenvalue weighted by molar-refractivity contribution is -0.137. The molecule has 1 aromatic rings. The van der Waals surface area contributed by atoms with Crippen molar-refractivity contribution in [1.29, 1.82) is 0 Å². The number of hydrogen-bond donors (Lipinski definition) is 6. The summed E-state index contributed by atoms with van der Waals surface area (Å²) in [5, 5.41) is 19.6. The zero-order chi connectivity index (χ0) is 38.8. The van der Waals surface area contributed by atoms with Crippen LogP contribution in [0.15, 0.2) is 36.4 Å². The highest BCUT2D eigenvalue weighted by Crippen LogP contribution is 2.14. The Balaban J connectivity index is 1.93. The summed E-state index contributed by atoms with van der Waals surface area (Å²) >= 11 is 0. The molecule has 0 bridgehead atoms. The number of carbonyl (C=O) groups is 8. The second kappa shape index (κ2) is 21.5. The molecule has 7 N–H and O–H groups in total. The second-order valence-corrected chi connectivity index (χ2v) is 12.6. The Bertz CT molecular complexity index is 1450. The van der Waals surface area contributed by atoms with E-state index in [2.05, 4.69) is 21.3 Å². The Morgan fingerprint density at radius 2 is 1.50 bits per heavy atom. The fourth-order valence-corrected chi connectivity index (χ4v) is 4.87. The number of imide groups is 1. The minimum atomic E-state index is -1.11. The van der Waals surface area contributed by atoms with Crippen molar-refractivity contribution in [2.75, 3.05) is 45.6 Å². The monoisotopic (exact) mass is 730 g/mol. The van der Waals surface area contributed by atoms with Gasteiger partial charge in [-0.2, -0.15) is 0 Å². The number of primary amides is 1. The molecule has 1 aliphatic heterocycles. The van der Waals surface area contributed by atoms with Crippen molar-refractivity contribution in [1.82, 2.24) is 30.7 Å². The molecule has 2 atom stereocenters. The molecule has 0 saturated carbocycles. The predicted octanol–water partition coefficient (Wildman–Crippen LogP) is 1.36. The maximum absolute atomic E-state index is 13.4. The number of ether oxygens (including phenoxy) is 1. The highest BCUT2D eigenvalue weighted by atomic mass is 16.6. The van der Waals surface area contributed by atoms with Crippen molar-refractivity contribution in [3.8, 4) is 0 Å². The fourth-order valence-electron chi connectivity index (χ4n) is 4.87. The van der Waals surface area contributed by atoms with Gasteiger partial charge in [-0.15, -0.1) is 0 Å². The number of anilines is 1. The van der Waals surface area contributed by atoms with Gasteiger partial charge in [0.05, 0.1) is 0 Å². The lowest BCUT2D eigenvalue weighted by atomic mass is 10.0. The van der Waals surface area contributed by atoms with Crippen molar-refractivity contribution < 1.29 is 48.2 Å². The van der Waals surface area contributed by atoms with Crippen molar-refractivity contribution in [2.45, 2.75) is 71.1 Å². The van der Waals surface area contributed by atoms with Gasteiger partial charge in [0.1, 0.15) is 18.7 Å². The Morgan fingerprint density at radius 3 is 2.10 bits per heavy atom. The van der Waals surface area contributed by atoms with Gasteiger partial charge in [-0.25, -0.2) is 14.4 Å². The number of urea groups is 1. The maximum Gasteiger partial charge on any atom is 0.409 e. The Kier molecular flexibility index (Phi) is 17.6. The normalized spacial score (nSPS) is 13.3. The van der Waals surface area contributed by atoms with E-state index in [4.69, 9.17) is 15.6 Å². The summed E-state index contributed by atoms with van der Waals surface area (Å²) in [7, 11) is 2.88. The molecule has 1 heterocycles. The van der Waals surface area contributed by atoms with E-state index in [1.807, 2.05) is 0 Å². The molecule has 0 fully saturated rings. The second-order valence-electron chi connectivity index (χ2n) is 12.6. The largest absolute Gasteiger partial charge is 0.465 e. The van der Waals surface area contributed by atoms with Crippen molar-refractivity contribution in [2.24, 2.45) is 11.7 Å². The molecule has 18 nitrogen and oxygen atoms in total. The van der Waals surface area contributed by atoms with Crippen molar-refractivity contribution in [3.05, 3.63) is 42.0 Å². The van der Waals surface area contributed by atoms with E-state index in [0.717, 1.165) is 9.80 Å². The average Bonchev–Trinajstić information content (AvgIpc) is 3.41. The summed E-state index contributed by atoms with van der Waals surface area (Å²) in [5.41, 5.74) is 6.15. The average molecular weight is 731 g/mol. The van der Waals surface area contributed by atoms with Crippen LogP contribution in [0, 0.1) is 5.92 Å². The first-order chi connectivity index (χ1) is 24.6. The molecule has 1 aromatic carbocycles. The third-order valence-corrected chi connectivity index (χ3v) is 8.05. The third-order valence-electron chi connectivity index (χ3n) is 8.05. The molecule has 0 aliphatic carbocycles. The predicted molar refractivity (Wildman–Crippen MR) is 188 cm³/mol. The number of rotatable bonds is 21. The van der Waals surface area contributed by atoms with Crippen LogP contribution in [0.25, 0.3) is 0 Å². The molecule has 52 heavy (non-hydrogen) atoms. The number of nitrogens with zero attached hydrogens (tertiary/aromatic N) is 3. The molecule has 2 rings (SSSR count). The number of carbonyl (C=O) groups excluding carboxylic acids is 7. The number of carboxylic acid groups (broad SMARTS) is 1. The van der Waals surface area contributed by atoms with Gasteiger partial charge in [-0.1, -0.05) is 32.4 Å². The van der Waals surface area contributed by atoms with Gasteiger partial charge in [0.15, 0.2) is 0 Å². The van der Waals surface area contributed by atoms with E-state index in [1.54, 1.807) is 38.1 Å². The standard InChI is InChI=1S/C34H50N8O10/c1-22(2)29(39-26(43)10-6-5-7-18-42-27(44)15-16-28(42)45)31(47)38-25(9-8-17-36-32(35)48)30(46)37-24-13-11-23(12-14-24)21-52-34(51)41(4)20-19-40(3)33(49)50/h11-16,22,25,29H,5-10,17-21H2,1-4H3,(H,37,46)(H,38,47)(H,39,43)(H,49,50)(H3,35,36,48). The van der Waals surface area contributed by atoms with Gasteiger partial charge in [0.2, 0.25) is 17.7 Å². The number of nitrogens with two attached hydrogens (primary N) is 1. The summed E-state index contributed by atoms with van der Waals surface area (Å²) < 4.78 is 5.28. The summed E-state index contributed by atoms with van der Waals surface area (Å²) in [6.45, 7) is 4.11. The smallest absolute Gasteiger partial charge is 0.409 e. The van der Waals surface area contributed by atoms with E-state index in [9.17, 15) is 38.4 Å². The summed E-state index contributed by atoms with van der Waals surface area (Å²) in [6, 6.07) is 3.74. The number of unbranched alkanes of at least 4 members (excludes halogenated alkanes) is 2. The zero-order valence-electron chi connectivity index (χ0n) is 30.0. The first kappa shape index (κ1) is 42.5. The molecule has 286 valence electrons. The highest BCUT2D eigenvalue weighted by Gasteiger charge is 2.29. The van der Waals surface area contributed by atoms with E-state index in [0.29, 0.717) is 36.9 Å². The van der Waals surface area contributed by atoms with Crippen LogP contribution >= 0.6 is 0 Å². The van der Waals surface area contributed by atoms with Crippen LogP contribution in [-0.2, 0) is 35.3 Å². The summed E-state index contributed by atoms with van der Waals surface area (Å²) in [5.74, 6) is -2.51. The quantitative estimate of drug-likeness (QED) is 0.0783. The molecule has 9 amide bonds. The van der Waals surface area contributed by atoms with E-state index in [1.165, 1.54) is 31.1 Å². The first-order valence-corrected chi connectivity index (χ1v) is 17.0. The van der Waals surface area contributed by atoms with Gasteiger partial charge in [0, 0.05) is 64.5 Å². The molecule has 18 heteroatoms. The molecule has 2 unspecified atom stereocenters. The van der Waals surface area contributed by atoms with E-state index >= 15 is 0 Å². The van der Waals surface area contributed by atoms with Gasteiger partial charge in [-0.05, 0) is 49.3 Å². The van der Waals surface area contributed by atoms with Crippen LogP contribution in [0.4, 0.5) is 20.1 Å². The van der Waals surface area contributed by atoms with Crippen LogP contribution in [0.5, 0.6) is 0 Å². The Morgan fingerprint density at radius 1 is 0.865 bits per heavy atom. The fraction of sp³-hybridized carbons (Fsp3) is 0.529. The minimum absolute atomic E-state index is 0.0711. The molecule has 1 aliphatic rings. The molecule has 0 radical (unpaired) electrons. The molecule has 0 spiro atoms. The van der Waals surface area contributed by atoms with Crippen LogP contribution in [0.3, 0.4) is 0 Å². The first-order valence-electron chi connectivity index (χ1n) is 17.0. The molecular weight excluding hydrogens is 680 g/mol. The number of amides is 9. The zero-order valence-corrected chi connectivity index (χ0v) is 30.0. The van der Waals surface area contributed by atoms with E-state index in [-0.39, 0.29) is 69.3 Å². The highest BCUT2D eigenvalue weighted by molar-refractivity contribution is 6.12. The number of benzene rings is 1. The van der Waals surface area contributed by atoms with Crippen LogP contribution in [0.2, 0.25) is 0 Å². The third kappa shape index (κ3) is 15.1.